The van der Waals surface area contributed by atoms with E-state index in [9.17, 15) is 14.4 Å². The molecular formula is C20H25N3O4. The van der Waals surface area contributed by atoms with Gasteiger partial charge in [0, 0.05) is 31.9 Å². The van der Waals surface area contributed by atoms with Gasteiger partial charge in [0.05, 0.1) is 12.7 Å². The van der Waals surface area contributed by atoms with Gasteiger partial charge in [-0.15, -0.1) is 0 Å². The summed E-state index contributed by atoms with van der Waals surface area (Å²) in [6.07, 6.45) is 0.583. The van der Waals surface area contributed by atoms with Crippen LogP contribution >= 0.6 is 0 Å². The number of hydrogen-bond acceptors (Lipinski definition) is 4. The van der Waals surface area contributed by atoms with E-state index in [1.54, 1.807) is 45.3 Å². The lowest BCUT2D eigenvalue weighted by atomic mass is 10.1. The first-order chi connectivity index (χ1) is 12.8. The molecule has 7 heteroatoms. The first-order valence-electron chi connectivity index (χ1n) is 8.68. The third-order valence-electron chi connectivity index (χ3n) is 4.36. The maximum atomic E-state index is 12.5. The van der Waals surface area contributed by atoms with Crippen LogP contribution in [-0.4, -0.2) is 48.9 Å². The van der Waals surface area contributed by atoms with Crippen LogP contribution in [0.2, 0.25) is 0 Å². The van der Waals surface area contributed by atoms with E-state index in [0.717, 1.165) is 5.56 Å². The molecule has 1 heterocycles. The Bertz CT molecular complexity index is 851. The van der Waals surface area contributed by atoms with Gasteiger partial charge in [-0.3, -0.25) is 9.59 Å². The van der Waals surface area contributed by atoms with Crippen LogP contribution in [-0.2, 0) is 17.7 Å². The lowest BCUT2D eigenvalue weighted by Crippen LogP contribution is -2.24. The van der Waals surface area contributed by atoms with Crippen molar-refractivity contribution in [1.82, 2.24) is 15.2 Å². The second-order valence-electron chi connectivity index (χ2n) is 6.40. The summed E-state index contributed by atoms with van der Waals surface area (Å²) in [5.41, 5.74) is 3.47. The van der Waals surface area contributed by atoms with Gasteiger partial charge in [0.1, 0.15) is 5.69 Å². The van der Waals surface area contributed by atoms with Gasteiger partial charge in [0.2, 0.25) is 0 Å². The number of H-pyrrole nitrogens is 1. The SMILES string of the molecule is CCc1[nH]c(C(=O)NCc2ccc(C(=O)N(C)C)cc2)c(C)c1C(=O)OC. The Morgan fingerprint density at radius 1 is 1.15 bits per heavy atom. The highest BCUT2D eigenvalue weighted by Crippen LogP contribution is 2.20. The van der Waals surface area contributed by atoms with Gasteiger partial charge in [-0.25, -0.2) is 4.79 Å². The van der Waals surface area contributed by atoms with Gasteiger partial charge < -0.3 is 19.9 Å². The normalized spacial score (nSPS) is 10.4. The van der Waals surface area contributed by atoms with E-state index in [-0.39, 0.29) is 11.8 Å². The number of aromatic nitrogens is 1. The topological polar surface area (TPSA) is 91.5 Å². The molecule has 2 aromatic rings. The molecule has 0 atom stereocenters. The summed E-state index contributed by atoms with van der Waals surface area (Å²) >= 11 is 0. The maximum Gasteiger partial charge on any atom is 0.339 e. The highest BCUT2D eigenvalue weighted by molar-refractivity contribution is 6.00. The fraction of sp³-hybridized carbons (Fsp3) is 0.350. The highest BCUT2D eigenvalue weighted by atomic mass is 16.5. The number of hydrogen-bond donors (Lipinski definition) is 2. The Labute approximate surface area is 158 Å². The van der Waals surface area contributed by atoms with Gasteiger partial charge in [-0.1, -0.05) is 19.1 Å². The minimum absolute atomic E-state index is 0.0740. The molecule has 0 aliphatic carbocycles. The summed E-state index contributed by atoms with van der Waals surface area (Å²) in [5.74, 6) is -0.832. The average molecular weight is 371 g/mol. The molecule has 27 heavy (non-hydrogen) atoms. The van der Waals surface area contributed by atoms with Crippen molar-refractivity contribution >= 4 is 17.8 Å². The van der Waals surface area contributed by atoms with Crippen LogP contribution in [0.4, 0.5) is 0 Å². The lowest BCUT2D eigenvalue weighted by Gasteiger charge is -2.11. The number of methoxy groups -OCH3 is 1. The summed E-state index contributed by atoms with van der Waals surface area (Å²) in [6.45, 7) is 3.93. The number of nitrogens with one attached hydrogen (secondary N) is 2. The summed E-state index contributed by atoms with van der Waals surface area (Å²) in [6, 6.07) is 7.06. The minimum atomic E-state index is -0.458. The van der Waals surface area contributed by atoms with E-state index >= 15 is 0 Å². The van der Waals surface area contributed by atoms with Crippen molar-refractivity contribution in [2.75, 3.05) is 21.2 Å². The summed E-state index contributed by atoms with van der Waals surface area (Å²) < 4.78 is 4.81. The molecule has 0 bridgehead atoms. The average Bonchev–Trinajstić information content (AvgIpc) is 3.01. The molecular weight excluding hydrogens is 346 g/mol. The summed E-state index contributed by atoms with van der Waals surface area (Å²) in [7, 11) is 4.71. The van der Waals surface area contributed by atoms with Crippen LogP contribution in [0.3, 0.4) is 0 Å². The van der Waals surface area contributed by atoms with Gasteiger partial charge in [-0.05, 0) is 36.6 Å². The Kier molecular flexibility index (Phi) is 6.39. The molecule has 2 N–H and O–H groups in total. The summed E-state index contributed by atoms with van der Waals surface area (Å²) in [5, 5.41) is 2.83. The highest BCUT2D eigenvalue weighted by Gasteiger charge is 2.23. The number of esters is 1. The predicted molar refractivity (Wildman–Crippen MR) is 102 cm³/mol. The van der Waals surface area contributed by atoms with Crippen molar-refractivity contribution in [2.24, 2.45) is 0 Å². The molecule has 0 aliphatic heterocycles. The standard InChI is InChI=1S/C20H25N3O4/c1-6-15-16(20(26)27-5)12(2)17(22-15)18(24)21-11-13-7-9-14(10-8-13)19(25)23(3)4/h7-10,22H,6,11H2,1-5H3,(H,21,24). The van der Waals surface area contributed by atoms with E-state index in [1.807, 2.05) is 6.92 Å². The quantitative estimate of drug-likeness (QED) is 0.762. The third kappa shape index (κ3) is 4.36. The number of amides is 2. The van der Waals surface area contributed by atoms with E-state index in [1.165, 1.54) is 12.0 Å². The van der Waals surface area contributed by atoms with Crippen molar-refractivity contribution in [2.45, 2.75) is 26.8 Å². The second kappa shape index (κ2) is 8.53. The number of carbonyl (C=O) groups excluding carboxylic acids is 3. The fourth-order valence-corrected chi connectivity index (χ4v) is 2.82. The van der Waals surface area contributed by atoms with Crippen LogP contribution < -0.4 is 5.32 Å². The molecule has 0 saturated heterocycles. The fourth-order valence-electron chi connectivity index (χ4n) is 2.82. The molecule has 2 amide bonds. The van der Waals surface area contributed by atoms with Gasteiger partial charge in [0.15, 0.2) is 0 Å². The van der Waals surface area contributed by atoms with Crippen molar-refractivity contribution in [3.63, 3.8) is 0 Å². The summed E-state index contributed by atoms with van der Waals surface area (Å²) in [4.78, 5) is 40.9. The Balaban J connectivity index is 2.11. The van der Waals surface area contributed by atoms with Crippen molar-refractivity contribution < 1.29 is 19.1 Å². The van der Waals surface area contributed by atoms with Crippen molar-refractivity contribution in [3.05, 3.63) is 57.9 Å². The predicted octanol–water partition coefficient (Wildman–Crippen LogP) is 2.30. The van der Waals surface area contributed by atoms with E-state index in [2.05, 4.69) is 10.3 Å². The number of carbonyl (C=O) groups is 3. The monoisotopic (exact) mass is 371 g/mol. The van der Waals surface area contributed by atoms with Crippen LogP contribution in [0.5, 0.6) is 0 Å². The zero-order chi connectivity index (χ0) is 20.1. The van der Waals surface area contributed by atoms with E-state index in [4.69, 9.17) is 4.74 Å². The molecule has 2 rings (SSSR count). The number of aromatic amines is 1. The molecule has 0 radical (unpaired) electrons. The molecule has 0 saturated carbocycles. The van der Waals surface area contributed by atoms with E-state index in [0.29, 0.717) is 41.0 Å². The number of nitrogens with zero attached hydrogens (tertiary/aromatic N) is 1. The maximum absolute atomic E-state index is 12.5. The number of rotatable bonds is 6. The Hall–Kier alpha value is -3.09. The number of ether oxygens (including phenoxy) is 1. The first kappa shape index (κ1) is 20.2. The lowest BCUT2D eigenvalue weighted by molar-refractivity contribution is 0.0598. The molecule has 0 spiro atoms. The zero-order valence-corrected chi connectivity index (χ0v) is 16.3. The third-order valence-corrected chi connectivity index (χ3v) is 4.36. The van der Waals surface area contributed by atoms with Crippen molar-refractivity contribution in [1.29, 1.82) is 0 Å². The van der Waals surface area contributed by atoms with Gasteiger partial charge in [0.25, 0.3) is 11.8 Å². The Morgan fingerprint density at radius 2 is 1.78 bits per heavy atom. The molecule has 1 aromatic carbocycles. The minimum Gasteiger partial charge on any atom is -0.465 e. The van der Waals surface area contributed by atoms with Crippen LogP contribution in [0.1, 0.15) is 54.9 Å². The van der Waals surface area contributed by atoms with Crippen molar-refractivity contribution in [3.8, 4) is 0 Å². The molecule has 0 fully saturated rings. The molecule has 0 aliphatic rings. The molecule has 0 unspecified atom stereocenters. The second-order valence-corrected chi connectivity index (χ2v) is 6.40. The molecule has 1 aromatic heterocycles. The smallest absolute Gasteiger partial charge is 0.339 e. The number of benzene rings is 1. The van der Waals surface area contributed by atoms with Gasteiger partial charge >= 0.3 is 5.97 Å². The molecule has 7 nitrogen and oxygen atoms in total. The molecule has 144 valence electrons. The van der Waals surface area contributed by atoms with Crippen LogP contribution in [0.15, 0.2) is 24.3 Å². The zero-order valence-electron chi connectivity index (χ0n) is 16.3. The number of aryl methyl sites for hydroxylation is 1. The van der Waals surface area contributed by atoms with E-state index < -0.39 is 5.97 Å². The van der Waals surface area contributed by atoms with Crippen LogP contribution in [0.25, 0.3) is 0 Å². The van der Waals surface area contributed by atoms with Crippen LogP contribution in [0, 0.1) is 6.92 Å². The van der Waals surface area contributed by atoms with Gasteiger partial charge in [-0.2, -0.15) is 0 Å². The largest absolute Gasteiger partial charge is 0.465 e. The first-order valence-corrected chi connectivity index (χ1v) is 8.68. The Morgan fingerprint density at radius 3 is 2.30 bits per heavy atom.